The molecule has 2 nitrogen and oxygen atoms in total. The third-order valence-corrected chi connectivity index (χ3v) is 2.43. The minimum atomic E-state index is 0.130. The van der Waals surface area contributed by atoms with Crippen molar-refractivity contribution >= 4 is 17.5 Å². The zero-order valence-electron chi connectivity index (χ0n) is 8.46. The van der Waals surface area contributed by atoms with Crippen LogP contribution < -0.4 is 0 Å². The van der Waals surface area contributed by atoms with Crippen LogP contribution in [0.15, 0.2) is 24.3 Å². The van der Waals surface area contributed by atoms with Crippen LogP contribution in [-0.4, -0.2) is 24.9 Å². The molecule has 1 aromatic carbocycles. The van der Waals surface area contributed by atoms with Gasteiger partial charge in [-0.1, -0.05) is 29.8 Å². The first-order chi connectivity index (χ1) is 6.61. The van der Waals surface area contributed by atoms with Crippen LogP contribution in [0.2, 0.25) is 5.02 Å². The Bertz CT molecular complexity index is 323. The first-order valence-corrected chi connectivity index (χ1v) is 4.92. The fraction of sp³-hybridized carbons (Fsp3) is 0.364. The van der Waals surface area contributed by atoms with E-state index in [2.05, 4.69) is 0 Å². The Morgan fingerprint density at radius 3 is 2.57 bits per heavy atom. The van der Waals surface area contributed by atoms with Crippen molar-refractivity contribution in [2.24, 2.45) is 0 Å². The largest absolute Gasteiger partial charge is 0.349 e. The maximum atomic E-state index is 11.3. The van der Waals surface area contributed by atoms with Crippen LogP contribution in [-0.2, 0) is 11.2 Å². The molecular weight excluding hydrogens is 198 g/mol. The summed E-state index contributed by atoms with van der Waals surface area (Å²) < 4.78 is 0. The monoisotopic (exact) mass is 211 g/mol. The van der Waals surface area contributed by atoms with Crippen LogP contribution in [0.3, 0.4) is 0 Å². The molecule has 0 N–H and O–H groups in total. The summed E-state index contributed by atoms with van der Waals surface area (Å²) in [7, 11) is 3.52. The lowest BCUT2D eigenvalue weighted by Gasteiger charge is -2.10. The summed E-state index contributed by atoms with van der Waals surface area (Å²) in [4.78, 5) is 12.9. The molecule has 1 rings (SSSR count). The van der Waals surface area contributed by atoms with E-state index in [1.807, 2.05) is 24.3 Å². The molecule has 1 aromatic rings. The topological polar surface area (TPSA) is 20.3 Å². The van der Waals surface area contributed by atoms with E-state index in [0.717, 1.165) is 10.6 Å². The van der Waals surface area contributed by atoms with Crippen molar-refractivity contribution in [3.63, 3.8) is 0 Å². The Hall–Kier alpha value is -1.02. The number of amides is 1. The van der Waals surface area contributed by atoms with Gasteiger partial charge >= 0.3 is 0 Å². The molecule has 0 saturated carbocycles. The number of rotatable bonds is 3. The Morgan fingerprint density at radius 1 is 1.36 bits per heavy atom. The molecule has 0 aliphatic heterocycles. The molecule has 0 aliphatic carbocycles. The second kappa shape index (κ2) is 5.01. The lowest BCUT2D eigenvalue weighted by Crippen LogP contribution is -2.21. The Morgan fingerprint density at radius 2 is 2.00 bits per heavy atom. The SMILES string of the molecule is CN(C)C(=O)CCc1ccccc1Cl. The summed E-state index contributed by atoms with van der Waals surface area (Å²) in [6.07, 6.45) is 1.22. The minimum Gasteiger partial charge on any atom is -0.349 e. The van der Waals surface area contributed by atoms with Crippen molar-refractivity contribution < 1.29 is 4.79 Å². The van der Waals surface area contributed by atoms with Crippen molar-refractivity contribution in [3.8, 4) is 0 Å². The maximum absolute atomic E-state index is 11.3. The normalized spacial score (nSPS) is 9.93. The van der Waals surface area contributed by atoms with Gasteiger partial charge in [-0.2, -0.15) is 0 Å². The molecular formula is C11H14ClNO. The van der Waals surface area contributed by atoms with E-state index in [-0.39, 0.29) is 5.91 Å². The highest BCUT2D eigenvalue weighted by atomic mass is 35.5. The molecule has 1 amide bonds. The minimum absolute atomic E-state index is 0.130. The van der Waals surface area contributed by atoms with Crippen molar-refractivity contribution in [2.75, 3.05) is 14.1 Å². The lowest BCUT2D eigenvalue weighted by atomic mass is 10.1. The second-order valence-corrected chi connectivity index (χ2v) is 3.79. The first kappa shape index (κ1) is 11.1. The molecule has 0 aromatic heterocycles. The quantitative estimate of drug-likeness (QED) is 0.752. The highest BCUT2D eigenvalue weighted by Crippen LogP contribution is 2.16. The molecule has 0 aliphatic rings. The molecule has 0 atom stereocenters. The van der Waals surface area contributed by atoms with Gasteiger partial charge in [-0.05, 0) is 18.1 Å². The van der Waals surface area contributed by atoms with Gasteiger partial charge in [0, 0.05) is 25.5 Å². The number of carbonyl (C=O) groups excluding carboxylic acids is 1. The van der Waals surface area contributed by atoms with E-state index in [9.17, 15) is 4.79 Å². The highest BCUT2D eigenvalue weighted by molar-refractivity contribution is 6.31. The molecule has 0 radical (unpaired) electrons. The highest BCUT2D eigenvalue weighted by Gasteiger charge is 2.05. The lowest BCUT2D eigenvalue weighted by molar-refractivity contribution is -0.128. The molecule has 0 unspecified atom stereocenters. The molecule has 76 valence electrons. The van der Waals surface area contributed by atoms with Crippen LogP contribution in [0.5, 0.6) is 0 Å². The Kier molecular flexibility index (Phi) is 3.96. The molecule has 0 fully saturated rings. The van der Waals surface area contributed by atoms with E-state index < -0.39 is 0 Å². The van der Waals surface area contributed by atoms with Crippen LogP contribution in [0.25, 0.3) is 0 Å². The first-order valence-electron chi connectivity index (χ1n) is 4.55. The smallest absolute Gasteiger partial charge is 0.222 e. The van der Waals surface area contributed by atoms with Crippen molar-refractivity contribution in [1.29, 1.82) is 0 Å². The van der Waals surface area contributed by atoms with Crippen molar-refractivity contribution in [2.45, 2.75) is 12.8 Å². The van der Waals surface area contributed by atoms with Crippen LogP contribution in [0.4, 0.5) is 0 Å². The Balaban J connectivity index is 2.54. The summed E-state index contributed by atoms with van der Waals surface area (Å²) in [5, 5.41) is 0.735. The number of aryl methyl sites for hydroxylation is 1. The van der Waals surface area contributed by atoms with Gasteiger partial charge in [-0.3, -0.25) is 4.79 Å². The van der Waals surface area contributed by atoms with E-state index in [1.54, 1.807) is 19.0 Å². The standard InChI is InChI=1S/C11H14ClNO/c1-13(2)11(14)8-7-9-5-3-4-6-10(9)12/h3-6H,7-8H2,1-2H3. The van der Waals surface area contributed by atoms with Crippen molar-refractivity contribution in [3.05, 3.63) is 34.9 Å². The number of benzene rings is 1. The summed E-state index contributed by atoms with van der Waals surface area (Å²) in [6.45, 7) is 0. The Labute approximate surface area is 89.5 Å². The fourth-order valence-electron chi connectivity index (χ4n) is 1.17. The predicted octanol–water partition coefficient (Wildman–Crippen LogP) is 2.36. The maximum Gasteiger partial charge on any atom is 0.222 e. The summed E-state index contributed by atoms with van der Waals surface area (Å²) in [5.74, 6) is 0.130. The van der Waals surface area contributed by atoms with Gasteiger partial charge in [0.2, 0.25) is 5.91 Å². The summed E-state index contributed by atoms with van der Waals surface area (Å²) >= 11 is 5.96. The van der Waals surface area contributed by atoms with E-state index >= 15 is 0 Å². The third-order valence-electron chi connectivity index (χ3n) is 2.06. The zero-order valence-corrected chi connectivity index (χ0v) is 9.21. The van der Waals surface area contributed by atoms with Crippen LogP contribution >= 0.6 is 11.6 Å². The number of carbonyl (C=O) groups is 1. The van der Waals surface area contributed by atoms with Crippen molar-refractivity contribution in [1.82, 2.24) is 4.90 Å². The number of hydrogen-bond donors (Lipinski definition) is 0. The molecule has 0 saturated heterocycles. The predicted molar refractivity (Wildman–Crippen MR) is 58.5 cm³/mol. The van der Waals surface area contributed by atoms with Gasteiger partial charge < -0.3 is 4.90 Å². The molecule has 3 heteroatoms. The van der Waals surface area contributed by atoms with Gasteiger partial charge in [-0.15, -0.1) is 0 Å². The van der Waals surface area contributed by atoms with Gasteiger partial charge in [-0.25, -0.2) is 0 Å². The molecule has 0 spiro atoms. The van der Waals surface area contributed by atoms with E-state index in [1.165, 1.54) is 0 Å². The average Bonchev–Trinajstić information content (AvgIpc) is 2.16. The van der Waals surface area contributed by atoms with Gasteiger partial charge in [0.15, 0.2) is 0 Å². The number of hydrogen-bond acceptors (Lipinski definition) is 1. The van der Waals surface area contributed by atoms with Gasteiger partial charge in [0.1, 0.15) is 0 Å². The summed E-state index contributed by atoms with van der Waals surface area (Å²) in [5.41, 5.74) is 1.03. The molecule has 0 bridgehead atoms. The van der Waals surface area contributed by atoms with Crippen LogP contribution in [0.1, 0.15) is 12.0 Å². The van der Waals surface area contributed by atoms with E-state index in [0.29, 0.717) is 12.8 Å². The van der Waals surface area contributed by atoms with Crippen LogP contribution in [0, 0.1) is 0 Å². The number of nitrogens with zero attached hydrogens (tertiary/aromatic N) is 1. The zero-order chi connectivity index (χ0) is 10.6. The number of halogens is 1. The third kappa shape index (κ3) is 3.04. The van der Waals surface area contributed by atoms with Gasteiger partial charge in [0.05, 0.1) is 0 Å². The van der Waals surface area contributed by atoms with Gasteiger partial charge in [0.25, 0.3) is 0 Å². The second-order valence-electron chi connectivity index (χ2n) is 3.38. The fourth-order valence-corrected chi connectivity index (χ4v) is 1.40. The average molecular weight is 212 g/mol. The molecule has 0 heterocycles. The summed E-state index contributed by atoms with van der Waals surface area (Å²) in [6, 6.07) is 7.61. The molecule has 14 heavy (non-hydrogen) atoms. The van der Waals surface area contributed by atoms with E-state index in [4.69, 9.17) is 11.6 Å².